The molecule has 1 N–H and O–H groups in total. The Hall–Kier alpha value is -3.33. The van der Waals surface area contributed by atoms with Gasteiger partial charge < -0.3 is 10.2 Å². The molecule has 0 radical (unpaired) electrons. The smallest absolute Gasteiger partial charge is 0.254 e. The standard InChI is InChI=1S/C20H24N8O/c1-16(14-26-9-11-27(12-10-26)20-22-5-2-6-23-20)25-19(29)17-13-24-28(15-17)18-3-7-21-8-4-18/h2-8,13,15-16H,9-12,14H2,1H3,(H,25,29). The Bertz CT molecular complexity index is 922. The maximum Gasteiger partial charge on any atom is 0.254 e. The number of piperazine rings is 1. The van der Waals surface area contributed by atoms with Crippen LogP contribution in [0.3, 0.4) is 0 Å². The summed E-state index contributed by atoms with van der Waals surface area (Å²) in [7, 11) is 0. The molecule has 1 aliphatic rings. The summed E-state index contributed by atoms with van der Waals surface area (Å²) in [4.78, 5) is 29.7. The summed E-state index contributed by atoms with van der Waals surface area (Å²) >= 11 is 0. The highest BCUT2D eigenvalue weighted by molar-refractivity contribution is 5.93. The number of hydrogen-bond acceptors (Lipinski definition) is 7. The summed E-state index contributed by atoms with van der Waals surface area (Å²) in [5, 5.41) is 7.33. The number of pyridine rings is 1. The summed E-state index contributed by atoms with van der Waals surface area (Å²) in [5.41, 5.74) is 1.41. The molecule has 1 saturated heterocycles. The second kappa shape index (κ2) is 8.78. The third-order valence-electron chi connectivity index (χ3n) is 4.89. The van der Waals surface area contributed by atoms with Crippen LogP contribution in [0.4, 0.5) is 5.95 Å². The maximum absolute atomic E-state index is 12.6. The minimum Gasteiger partial charge on any atom is -0.348 e. The molecule has 0 saturated carbocycles. The molecule has 0 bridgehead atoms. The number of carbonyl (C=O) groups excluding carboxylic acids is 1. The zero-order valence-electron chi connectivity index (χ0n) is 16.3. The van der Waals surface area contributed by atoms with E-state index in [1.807, 2.05) is 25.1 Å². The fourth-order valence-electron chi connectivity index (χ4n) is 3.40. The average molecular weight is 392 g/mol. The number of nitrogens with one attached hydrogen (secondary N) is 1. The molecule has 3 aromatic heterocycles. The van der Waals surface area contributed by atoms with Crippen molar-refractivity contribution < 1.29 is 4.79 Å². The van der Waals surface area contributed by atoms with Gasteiger partial charge in [-0.05, 0) is 25.1 Å². The molecule has 0 spiro atoms. The van der Waals surface area contributed by atoms with E-state index in [9.17, 15) is 4.79 Å². The zero-order valence-corrected chi connectivity index (χ0v) is 16.3. The van der Waals surface area contributed by atoms with Crippen LogP contribution in [0.25, 0.3) is 5.69 Å². The molecule has 1 aliphatic heterocycles. The van der Waals surface area contributed by atoms with E-state index in [4.69, 9.17) is 0 Å². The molecule has 1 fully saturated rings. The first-order valence-corrected chi connectivity index (χ1v) is 9.69. The fraction of sp³-hybridized carbons (Fsp3) is 0.350. The average Bonchev–Trinajstić information content (AvgIpc) is 3.26. The van der Waals surface area contributed by atoms with Gasteiger partial charge in [-0.15, -0.1) is 0 Å². The first-order valence-electron chi connectivity index (χ1n) is 9.69. The molecule has 3 aromatic rings. The molecule has 9 heteroatoms. The lowest BCUT2D eigenvalue weighted by molar-refractivity contribution is 0.0928. The molecule has 4 rings (SSSR count). The number of anilines is 1. The van der Waals surface area contributed by atoms with Crippen molar-refractivity contribution in [2.45, 2.75) is 13.0 Å². The van der Waals surface area contributed by atoms with E-state index in [2.05, 4.69) is 35.2 Å². The number of rotatable bonds is 6. The van der Waals surface area contributed by atoms with Gasteiger partial charge in [0.05, 0.1) is 17.4 Å². The maximum atomic E-state index is 12.6. The third kappa shape index (κ3) is 4.75. The topological polar surface area (TPSA) is 92.1 Å². The van der Waals surface area contributed by atoms with Crippen molar-refractivity contribution in [3.05, 3.63) is 60.9 Å². The van der Waals surface area contributed by atoms with Crippen LogP contribution in [0.15, 0.2) is 55.4 Å². The van der Waals surface area contributed by atoms with Crippen molar-refractivity contribution in [3.63, 3.8) is 0 Å². The fourth-order valence-corrected chi connectivity index (χ4v) is 3.40. The monoisotopic (exact) mass is 392 g/mol. The predicted molar refractivity (Wildman–Crippen MR) is 109 cm³/mol. The molecule has 150 valence electrons. The van der Waals surface area contributed by atoms with Crippen molar-refractivity contribution in [1.82, 2.24) is 34.9 Å². The van der Waals surface area contributed by atoms with Crippen LogP contribution in [0.2, 0.25) is 0 Å². The highest BCUT2D eigenvalue weighted by Crippen LogP contribution is 2.10. The summed E-state index contributed by atoms with van der Waals surface area (Å²) < 4.78 is 1.67. The molecule has 1 atom stereocenters. The minimum absolute atomic E-state index is 0.0336. The predicted octanol–water partition coefficient (Wildman–Crippen LogP) is 0.998. The second-order valence-corrected chi connectivity index (χ2v) is 7.09. The van der Waals surface area contributed by atoms with Crippen molar-refractivity contribution in [2.24, 2.45) is 0 Å². The Labute approximate surface area is 169 Å². The van der Waals surface area contributed by atoms with Gasteiger partial charge in [0.1, 0.15) is 0 Å². The van der Waals surface area contributed by atoms with Gasteiger partial charge in [0.25, 0.3) is 5.91 Å². The number of hydrogen-bond donors (Lipinski definition) is 1. The van der Waals surface area contributed by atoms with E-state index < -0.39 is 0 Å². The van der Waals surface area contributed by atoms with Gasteiger partial charge in [0.2, 0.25) is 5.95 Å². The highest BCUT2D eigenvalue weighted by Gasteiger charge is 2.21. The van der Waals surface area contributed by atoms with Crippen LogP contribution in [0.1, 0.15) is 17.3 Å². The van der Waals surface area contributed by atoms with E-state index in [0.29, 0.717) is 5.56 Å². The first-order chi connectivity index (χ1) is 14.2. The van der Waals surface area contributed by atoms with Crippen molar-refractivity contribution in [3.8, 4) is 5.69 Å². The molecular weight excluding hydrogens is 368 g/mol. The third-order valence-corrected chi connectivity index (χ3v) is 4.89. The van der Waals surface area contributed by atoms with Crippen molar-refractivity contribution in [1.29, 1.82) is 0 Å². The van der Waals surface area contributed by atoms with E-state index in [-0.39, 0.29) is 11.9 Å². The van der Waals surface area contributed by atoms with Crippen LogP contribution in [0.5, 0.6) is 0 Å². The number of amides is 1. The normalized spacial score (nSPS) is 15.8. The van der Waals surface area contributed by atoms with Crippen LogP contribution in [-0.4, -0.2) is 74.3 Å². The summed E-state index contributed by atoms with van der Waals surface area (Å²) in [6.45, 7) is 6.41. The van der Waals surface area contributed by atoms with Gasteiger partial charge in [0, 0.05) is 69.7 Å². The Morgan fingerprint density at radius 1 is 1.10 bits per heavy atom. The Kier molecular flexibility index (Phi) is 5.76. The van der Waals surface area contributed by atoms with Crippen LogP contribution >= 0.6 is 0 Å². The van der Waals surface area contributed by atoms with Gasteiger partial charge in [0.15, 0.2) is 0 Å². The van der Waals surface area contributed by atoms with E-state index in [0.717, 1.165) is 44.4 Å². The molecule has 0 aromatic carbocycles. The number of aromatic nitrogens is 5. The summed E-state index contributed by atoms with van der Waals surface area (Å²) in [6, 6.07) is 5.55. The van der Waals surface area contributed by atoms with Crippen LogP contribution in [-0.2, 0) is 0 Å². The van der Waals surface area contributed by atoms with Crippen LogP contribution < -0.4 is 10.2 Å². The quantitative estimate of drug-likeness (QED) is 0.669. The van der Waals surface area contributed by atoms with Crippen LogP contribution in [0, 0.1) is 0 Å². The van der Waals surface area contributed by atoms with Gasteiger partial charge in [-0.1, -0.05) is 0 Å². The largest absolute Gasteiger partial charge is 0.348 e. The number of nitrogens with zero attached hydrogens (tertiary/aromatic N) is 7. The minimum atomic E-state index is -0.117. The van der Waals surface area contributed by atoms with Crippen molar-refractivity contribution >= 4 is 11.9 Å². The Morgan fingerprint density at radius 3 is 2.55 bits per heavy atom. The molecule has 4 heterocycles. The van der Waals surface area contributed by atoms with Gasteiger partial charge in [-0.3, -0.25) is 14.7 Å². The molecule has 9 nitrogen and oxygen atoms in total. The SMILES string of the molecule is CC(CN1CCN(c2ncccn2)CC1)NC(=O)c1cnn(-c2ccncc2)c1. The highest BCUT2D eigenvalue weighted by atomic mass is 16.1. The summed E-state index contributed by atoms with van der Waals surface area (Å²) in [5.74, 6) is 0.661. The van der Waals surface area contributed by atoms with Gasteiger partial charge in [-0.25, -0.2) is 14.6 Å². The first kappa shape index (κ1) is 19.0. The lowest BCUT2D eigenvalue weighted by Crippen LogP contribution is -2.51. The molecular formula is C20H24N8O. The summed E-state index contributed by atoms with van der Waals surface area (Å²) in [6.07, 6.45) is 10.2. The van der Waals surface area contributed by atoms with E-state index in [1.165, 1.54) is 0 Å². The molecule has 29 heavy (non-hydrogen) atoms. The Morgan fingerprint density at radius 2 is 1.83 bits per heavy atom. The number of carbonyl (C=O) groups is 1. The van der Waals surface area contributed by atoms with Gasteiger partial charge in [-0.2, -0.15) is 5.10 Å². The lowest BCUT2D eigenvalue weighted by atomic mass is 10.2. The molecule has 0 aliphatic carbocycles. The Balaban J connectivity index is 1.26. The van der Waals surface area contributed by atoms with E-state index >= 15 is 0 Å². The second-order valence-electron chi connectivity index (χ2n) is 7.09. The lowest BCUT2D eigenvalue weighted by Gasteiger charge is -2.35. The van der Waals surface area contributed by atoms with Gasteiger partial charge >= 0.3 is 0 Å². The molecule has 1 amide bonds. The van der Waals surface area contributed by atoms with Crippen molar-refractivity contribution in [2.75, 3.05) is 37.6 Å². The van der Waals surface area contributed by atoms with E-state index in [1.54, 1.807) is 41.9 Å². The zero-order chi connectivity index (χ0) is 20.1. The molecule has 1 unspecified atom stereocenters.